The summed E-state index contributed by atoms with van der Waals surface area (Å²) in [6.45, 7) is 1.93. The highest BCUT2D eigenvalue weighted by molar-refractivity contribution is 7.99. The van der Waals surface area contributed by atoms with Gasteiger partial charge in [0.2, 0.25) is 5.91 Å². The molecule has 0 aliphatic rings. The Morgan fingerprint density at radius 1 is 1.15 bits per heavy atom. The van der Waals surface area contributed by atoms with Gasteiger partial charge in [0, 0.05) is 30.4 Å². The van der Waals surface area contributed by atoms with Crippen molar-refractivity contribution in [2.24, 2.45) is 0 Å². The Morgan fingerprint density at radius 2 is 1.77 bits per heavy atom. The Morgan fingerprint density at radius 3 is 2.35 bits per heavy atom. The molecule has 0 aliphatic carbocycles. The fraction of sp³-hybridized carbons (Fsp3) is 0.316. The molecule has 0 N–H and O–H groups in total. The van der Waals surface area contributed by atoms with Gasteiger partial charge in [-0.2, -0.15) is 0 Å². The van der Waals surface area contributed by atoms with E-state index in [0.717, 1.165) is 10.5 Å². The maximum absolute atomic E-state index is 12.4. The van der Waals surface area contributed by atoms with Gasteiger partial charge in [-0.05, 0) is 36.8 Å². The summed E-state index contributed by atoms with van der Waals surface area (Å²) in [7, 11) is -1.46. The summed E-state index contributed by atoms with van der Waals surface area (Å²) in [6.07, 6.45) is 1.58. The van der Waals surface area contributed by atoms with E-state index in [0.29, 0.717) is 17.2 Å². The van der Waals surface area contributed by atoms with E-state index in [-0.39, 0.29) is 16.8 Å². The summed E-state index contributed by atoms with van der Waals surface area (Å²) in [5, 5.41) is 0.692. The van der Waals surface area contributed by atoms with Crippen LogP contribution in [0.5, 0.6) is 0 Å². The van der Waals surface area contributed by atoms with Gasteiger partial charge < -0.3 is 4.90 Å². The molecule has 2 aromatic rings. The number of sulfone groups is 1. The minimum Gasteiger partial charge on any atom is -0.339 e. The first kappa shape index (κ1) is 20.8. The van der Waals surface area contributed by atoms with Crippen LogP contribution in [0.25, 0.3) is 0 Å². The Balaban J connectivity index is 1.93. The van der Waals surface area contributed by atoms with Crippen LogP contribution in [0.15, 0.2) is 58.3 Å². The molecule has 0 saturated heterocycles. The molecule has 0 radical (unpaired) electrons. The van der Waals surface area contributed by atoms with Crippen LogP contribution in [0, 0.1) is 0 Å². The monoisotopic (exact) mass is 411 g/mol. The number of thioether (sulfide) groups is 1. The number of benzene rings is 2. The largest absolute Gasteiger partial charge is 0.339 e. The van der Waals surface area contributed by atoms with Gasteiger partial charge >= 0.3 is 0 Å². The molecule has 7 heteroatoms. The summed E-state index contributed by atoms with van der Waals surface area (Å²) in [5.74, 6) is 0.677. The number of nitrogens with zero attached hydrogens (tertiary/aromatic N) is 1. The van der Waals surface area contributed by atoms with Gasteiger partial charge in [-0.25, -0.2) is 8.42 Å². The molecule has 140 valence electrons. The number of amides is 1. The van der Waals surface area contributed by atoms with Gasteiger partial charge in [-0.15, -0.1) is 11.8 Å². The summed E-state index contributed by atoms with van der Waals surface area (Å²) < 4.78 is 23.1. The second kappa shape index (κ2) is 8.93. The van der Waals surface area contributed by atoms with Crippen molar-refractivity contribution in [3.05, 3.63) is 59.1 Å². The van der Waals surface area contributed by atoms with Crippen molar-refractivity contribution in [3.63, 3.8) is 0 Å². The zero-order chi connectivity index (χ0) is 19.3. The van der Waals surface area contributed by atoms with Crippen LogP contribution < -0.4 is 0 Å². The van der Waals surface area contributed by atoms with Crippen LogP contribution in [0.1, 0.15) is 24.9 Å². The van der Waals surface area contributed by atoms with Crippen LogP contribution in [0.3, 0.4) is 0 Å². The zero-order valence-electron chi connectivity index (χ0n) is 15.0. The van der Waals surface area contributed by atoms with Crippen molar-refractivity contribution in [1.82, 2.24) is 4.90 Å². The molecule has 2 rings (SSSR count). The summed E-state index contributed by atoms with van der Waals surface area (Å²) in [6, 6.07) is 14.1. The molecule has 2 aromatic carbocycles. The van der Waals surface area contributed by atoms with Crippen molar-refractivity contribution >= 4 is 39.1 Å². The topological polar surface area (TPSA) is 54.5 Å². The third-order valence-electron chi connectivity index (χ3n) is 4.18. The van der Waals surface area contributed by atoms with Crippen molar-refractivity contribution in [2.75, 3.05) is 19.1 Å². The number of hydrogen-bond acceptors (Lipinski definition) is 4. The average Bonchev–Trinajstić information content (AvgIpc) is 2.61. The summed E-state index contributed by atoms with van der Waals surface area (Å²) in [4.78, 5) is 15.4. The molecule has 0 saturated carbocycles. The van der Waals surface area contributed by atoms with Gasteiger partial charge in [-0.1, -0.05) is 35.9 Å². The molecule has 0 aliphatic heterocycles. The van der Waals surface area contributed by atoms with Gasteiger partial charge in [0.25, 0.3) is 0 Å². The quantitative estimate of drug-likeness (QED) is 0.632. The van der Waals surface area contributed by atoms with E-state index in [1.54, 1.807) is 48.0 Å². The lowest BCUT2D eigenvalue weighted by Gasteiger charge is -2.25. The second-order valence-electron chi connectivity index (χ2n) is 6.05. The highest BCUT2D eigenvalue weighted by Gasteiger charge is 2.18. The molecular weight excluding hydrogens is 390 g/mol. The number of hydrogen-bond donors (Lipinski definition) is 0. The molecule has 0 fully saturated rings. The number of rotatable bonds is 7. The van der Waals surface area contributed by atoms with E-state index < -0.39 is 9.84 Å². The molecule has 0 heterocycles. The third-order valence-corrected chi connectivity index (χ3v) is 6.82. The highest BCUT2D eigenvalue weighted by atomic mass is 35.5. The first-order valence-corrected chi connectivity index (χ1v) is 11.4. The average molecular weight is 412 g/mol. The molecule has 1 atom stereocenters. The third kappa shape index (κ3) is 5.50. The first-order valence-electron chi connectivity index (χ1n) is 8.13. The van der Waals surface area contributed by atoms with Gasteiger partial charge in [0.15, 0.2) is 9.84 Å². The van der Waals surface area contributed by atoms with E-state index in [1.165, 1.54) is 6.26 Å². The lowest BCUT2D eigenvalue weighted by molar-refractivity contribution is -0.131. The lowest BCUT2D eigenvalue weighted by atomic mass is 10.1. The fourth-order valence-electron chi connectivity index (χ4n) is 2.42. The Hall–Kier alpha value is -1.50. The van der Waals surface area contributed by atoms with Crippen molar-refractivity contribution in [1.29, 1.82) is 0 Å². The van der Waals surface area contributed by atoms with Crippen LogP contribution in [-0.2, 0) is 14.6 Å². The van der Waals surface area contributed by atoms with E-state index in [1.807, 2.05) is 31.2 Å². The minimum atomic E-state index is -3.22. The first-order chi connectivity index (χ1) is 12.2. The molecule has 1 amide bonds. The van der Waals surface area contributed by atoms with E-state index in [9.17, 15) is 13.2 Å². The normalized spacial score (nSPS) is 12.6. The Labute approximate surface area is 164 Å². The molecule has 0 bridgehead atoms. The van der Waals surface area contributed by atoms with Crippen LogP contribution >= 0.6 is 23.4 Å². The summed E-state index contributed by atoms with van der Waals surface area (Å²) in [5.41, 5.74) is 0.895. The predicted octanol–water partition coefficient (Wildman–Crippen LogP) is 4.45. The minimum absolute atomic E-state index is 0.0317. The standard InChI is InChI=1S/C19H22ClNO3S2/c1-14(15-8-10-16(11-9-15)26(3,23)24)21(2)19(22)12-13-25-18-7-5-4-6-17(18)20/h4-11,14H,12-13H2,1-3H3. The van der Waals surface area contributed by atoms with Gasteiger partial charge in [-0.3, -0.25) is 4.79 Å². The molecule has 26 heavy (non-hydrogen) atoms. The molecule has 0 spiro atoms. The second-order valence-corrected chi connectivity index (χ2v) is 9.61. The molecular formula is C19H22ClNO3S2. The Bertz CT molecular complexity index is 867. The van der Waals surface area contributed by atoms with Crippen molar-refractivity contribution < 1.29 is 13.2 Å². The molecule has 4 nitrogen and oxygen atoms in total. The molecule has 0 aromatic heterocycles. The number of halogens is 1. The number of carbonyl (C=O) groups excluding carboxylic acids is 1. The van der Waals surface area contributed by atoms with Crippen molar-refractivity contribution in [3.8, 4) is 0 Å². The highest BCUT2D eigenvalue weighted by Crippen LogP contribution is 2.28. The maximum Gasteiger partial charge on any atom is 0.223 e. The van der Waals surface area contributed by atoms with Crippen LogP contribution in [0.4, 0.5) is 0 Å². The van der Waals surface area contributed by atoms with E-state index >= 15 is 0 Å². The lowest BCUT2D eigenvalue weighted by Crippen LogP contribution is -2.29. The fourth-order valence-corrected chi connectivity index (χ4v) is 4.23. The number of carbonyl (C=O) groups is 1. The zero-order valence-corrected chi connectivity index (χ0v) is 17.4. The van der Waals surface area contributed by atoms with Crippen LogP contribution in [0.2, 0.25) is 5.02 Å². The van der Waals surface area contributed by atoms with Crippen molar-refractivity contribution in [2.45, 2.75) is 29.2 Å². The smallest absolute Gasteiger partial charge is 0.223 e. The summed E-state index contributed by atoms with van der Waals surface area (Å²) >= 11 is 7.68. The van der Waals surface area contributed by atoms with Gasteiger partial charge in [0.05, 0.1) is 16.0 Å². The Kier molecular flexibility index (Phi) is 7.15. The van der Waals surface area contributed by atoms with E-state index in [4.69, 9.17) is 11.6 Å². The molecule has 1 unspecified atom stereocenters. The SMILES string of the molecule is CC(c1ccc(S(C)(=O)=O)cc1)N(C)C(=O)CCSc1ccccc1Cl. The van der Waals surface area contributed by atoms with Gasteiger partial charge in [0.1, 0.15) is 0 Å². The predicted molar refractivity (Wildman–Crippen MR) is 108 cm³/mol. The van der Waals surface area contributed by atoms with E-state index in [2.05, 4.69) is 0 Å². The van der Waals surface area contributed by atoms with Crippen LogP contribution in [-0.4, -0.2) is 38.3 Å². The maximum atomic E-state index is 12.4.